The number of nitrogens with one attached hydrogen (secondary N) is 2. The lowest BCUT2D eigenvalue weighted by Crippen LogP contribution is -2.20. The molecule has 3 aromatic carbocycles. The van der Waals surface area contributed by atoms with Gasteiger partial charge in [0.15, 0.2) is 6.61 Å². The summed E-state index contributed by atoms with van der Waals surface area (Å²) in [6.07, 6.45) is 0.924. The summed E-state index contributed by atoms with van der Waals surface area (Å²) in [6.45, 7) is 2.57. The highest BCUT2D eigenvalue weighted by molar-refractivity contribution is 6.04. The molecule has 0 aliphatic carbocycles. The first kappa shape index (κ1) is 20.9. The van der Waals surface area contributed by atoms with E-state index in [4.69, 9.17) is 9.47 Å². The average Bonchev–Trinajstić information content (AvgIpc) is 2.77. The van der Waals surface area contributed by atoms with E-state index >= 15 is 0 Å². The predicted molar refractivity (Wildman–Crippen MR) is 117 cm³/mol. The molecule has 0 aliphatic heterocycles. The highest BCUT2D eigenvalue weighted by Crippen LogP contribution is 2.18. The van der Waals surface area contributed by atoms with Gasteiger partial charge in [0.25, 0.3) is 11.8 Å². The number of amides is 2. The molecule has 0 bridgehead atoms. The van der Waals surface area contributed by atoms with Gasteiger partial charge in [0.2, 0.25) is 0 Å². The molecule has 0 radical (unpaired) electrons. The molecular weight excluding hydrogens is 380 g/mol. The average molecular weight is 404 g/mol. The first-order valence-electron chi connectivity index (χ1n) is 9.76. The van der Waals surface area contributed by atoms with Crippen molar-refractivity contribution in [3.05, 3.63) is 84.4 Å². The van der Waals surface area contributed by atoms with Crippen molar-refractivity contribution < 1.29 is 19.1 Å². The summed E-state index contributed by atoms with van der Waals surface area (Å²) in [7, 11) is 0. The summed E-state index contributed by atoms with van der Waals surface area (Å²) in [4.78, 5) is 24.6. The van der Waals surface area contributed by atoms with Gasteiger partial charge in [-0.1, -0.05) is 31.2 Å². The number of ether oxygens (including phenoxy) is 2. The highest BCUT2D eigenvalue weighted by Gasteiger charge is 2.08. The molecule has 30 heavy (non-hydrogen) atoms. The van der Waals surface area contributed by atoms with Gasteiger partial charge in [-0.25, -0.2) is 0 Å². The lowest BCUT2D eigenvalue weighted by Gasteiger charge is -2.10. The number of carbonyl (C=O) groups is 2. The van der Waals surface area contributed by atoms with Crippen molar-refractivity contribution in [1.29, 1.82) is 0 Å². The number of carbonyl (C=O) groups excluding carboxylic acids is 2. The van der Waals surface area contributed by atoms with Gasteiger partial charge >= 0.3 is 0 Å². The van der Waals surface area contributed by atoms with Crippen LogP contribution in [-0.2, 0) is 4.79 Å². The Morgan fingerprint density at radius 1 is 0.767 bits per heavy atom. The summed E-state index contributed by atoms with van der Waals surface area (Å²) in [5.41, 5.74) is 1.66. The zero-order valence-corrected chi connectivity index (χ0v) is 16.8. The smallest absolute Gasteiger partial charge is 0.262 e. The lowest BCUT2D eigenvalue weighted by molar-refractivity contribution is -0.118. The van der Waals surface area contributed by atoms with Crippen LogP contribution >= 0.6 is 0 Å². The summed E-state index contributed by atoms with van der Waals surface area (Å²) in [6, 6.07) is 23.0. The minimum Gasteiger partial charge on any atom is -0.494 e. The zero-order chi connectivity index (χ0) is 21.2. The number of rotatable bonds is 9. The van der Waals surface area contributed by atoms with E-state index in [2.05, 4.69) is 10.6 Å². The van der Waals surface area contributed by atoms with Crippen LogP contribution < -0.4 is 20.1 Å². The van der Waals surface area contributed by atoms with Crippen LogP contribution in [0.4, 0.5) is 11.4 Å². The second-order valence-electron chi connectivity index (χ2n) is 6.56. The van der Waals surface area contributed by atoms with Crippen LogP contribution in [0.2, 0.25) is 0 Å². The van der Waals surface area contributed by atoms with Gasteiger partial charge in [-0.15, -0.1) is 0 Å². The van der Waals surface area contributed by atoms with Gasteiger partial charge < -0.3 is 20.1 Å². The third-order valence-electron chi connectivity index (χ3n) is 4.11. The molecule has 6 nitrogen and oxygen atoms in total. The van der Waals surface area contributed by atoms with Crippen LogP contribution in [-0.4, -0.2) is 25.0 Å². The first-order valence-corrected chi connectivity index (χ1v) is 9.76. The molecule has 0 atom stereocenters. The molecule has 0 aromatic heterocycles. The number of anilines is 2. The Morgan fingerprint density at radius 2 is 1.43 bits per heavy atom. The third-order valence-corrected chi connectivity index (χ3v) is 4.11. The second-order valence-corrected chi connectivity index (χ2v) is 6.56. The SMILES string of the molecule is CCCOc1ccc(C(=O)Nc2cccc(NC(=O)COc3ccccc3)c2)cc1. The van der Waals surface area contributed by atoms with Gasteiger partial charge in [-0.3, -0.25) is 9.59 Å². The van der Waals surface area contributed by atoms with E-state index in [-0.39, 0.29) is 18.4 Å². The Morgan fingerprint density at radius 3 is 2.13 bits per heavy atom. The molecule has 0 heterocycles. The maximum atomic E-state index is 12.5. The molecule has 0 unspecified atom stereocenters. The number of para-hydroxylation sites is 1. The molecule has 0 saturated heterocycles. The Balaban J connectivity index is 1.54. The fourth-order valence-electron chi connectivity index (χ4n) is 2.66. The molecule has 6 heteroatoms. The Labute approximate surface area is 175 Å². The minimum absolute atomic E-state index is 0.104. The molecule has 154 valence electrons. The largest absolute Gasteiger partial charge is 0.494 e. The fraction of sp³-hybridized carbons (Fsp3) is 0.167. The normalized spacial score (nSPS) is 10.2. The van der Waals surface area contributed by atoms with E-state index in [1.807, 2.05) is 25.1 Å². The van der Waals surface area contributed by atoms with Crippen molar-refractivity contribution in [2.75, 3.05) is 23.8 Å². The molecule has 3 aromatic rings. The maximum absolute atomic E-state index is 12.5. The first-order chi connectivity index (χ1) is 14.6. The van der Waals surface area contributed by atoms with Crippen molar-refractivity contribution in [2.45, 2.75) is 13.3 Å². The predicted octanol–water partition coefficient (Wildman–Crippen LogP) is 4.75. The maximum Gasteiger partial charge on any atom is 0.262 e. The van der Waals surface area contributed by atoms with Crippen molar-refractivity contribution in [3.8, 4) is 11.5 Å². The summed E-state index contributed by atoms with van der Waals surface area (Å²) >= 11 is 0. The van der Waals surface area contributed by atoms with Crippen LogP contribution in [0.15, 0.2) is 78.9 Å². The van der Waals surface area contributed by atoms with E-state index in [0.717, 1.165) is 12.2 Å². The molecule has 2 N–H and O–H groups in total. The Kier molecular flexibility index (Phi) is 7.44. The quantitative estimate of drug-likeness (QED) is 0.540. The van der Waals surface area contributed by atoms with Crippen molar-refractivity contribution in [3.63, 3.8) is 0 Å². The standard InChI is InChI=1S/C24H24N2O4/c1-2-15-29-22-13-11-18(12-14-22)24(28)26-20-8-6-7-19(16-20)25-23(27)17-30-21-9-4-3-5-10-21/h3-14,16H,2,15,17H2,1H3,(H,25,27)(H,26,28). The van der Waals surface area contributed by atoms with E-state index in [0.29, 0.717) is 29.3 Å². The Hall–Kier alpha value is -3.80. The van der Waals surface area contributed by atoms with Crippen LogP contribution in [0, 0.1) is 0 Å². The van der Waals surface area contributed by atoms with E-state index in [1.165, 1.54) is 0 Å². The zero-order valence-electron chi connectivity index (χ0n) is 16.8. The van der Waals surface area contributed by atoms with Crippen molar-refractivity contribution in [2.24, 2.45) is 0 Å². The molecule has 0 spiro atoms. The summed E-state index contributed by atoms with van der Waals surface area (Å²) in [5, 5.41) is 5.59. The fourth-order valence-corrected chi connectivity index (χ4v) is 2.66. The molecule has 2 amide bonds. The monoisotopic (exact) mass is 404 g/mol. The van der Waals surface area contributed by atoms with Crippen molar-refractivity contribution >= 4 is 23.2 Å². The van der Waals surface area contributed by atoms with E-state index in [1.54, 1.807) is 60.7 Å². The van der Waals surface area contributed by atoms with E-state index in [9.17, 15) is 9.59 Å². The molecule has 0 saturated carbocycles. The topological polar surface area (TPSA) is 76.7 Å². The van der Waals surface area contributed by atoms with Crippen LogP contribution in [0.25, 0.3) is 0 Å². The number of benzene rings is 3. The second kappa shape index (κ2) is 10.7. The number of hydrogen-bond acceptors (Lipinski definition) is 4. The summed E-state index contributed by atoms with van der Waals surface area (Å²) < 4.78 is 11.0. The van der Waals surface area contributed by atoms with Gasteiger partial charge in [0.1, 0.15) is 11.5 Å². The number of hydrogen-bond donors (Lipinski definition) is 2. The third kappa shape index (κ3) is 6.38. The molecule has 3 rings (SSSR count). The van der Waals surface area contributed by atoms with Gasteiger partial charge in [0.05, 0.1) is 6.61 Å². The van der Waals surface area contributed by atoms with Gasteiger partial charge in [0, 0.05) is 16.9 Å². The van der Waals surface area contributed by atoms with Crippen LogP contribution in [0.1, 0.15) is 23.7 Å². The molecule has 0 fully saturated rings. The van der Waals surface area contributed by atoms with Gasteiger partial charge in [-0.2, -0.15) is 0 Å². The highest BCUT2D eigenvalue weighted by atomic mass is 16.5. The van der Waals surface area contributed by atoms with Crippen LogP contribution in [0.3, 0.4) is 0 Å². The van der Waals surface area contributed by atoms with Gasteiger partial charge in [-0.05, 0) is 61.0 Å². The Bertz CT molecular complexity index is 972. The molecular formula is C24H24N2O4. The lowest BCUT2D eigenvalue weighted by atomic mass is 10.2. The minimum atomic E-state index is -0.287. The van der Waals surface area contributed by atoms with Crippen molar-refractivity contribution in [1.82, 2.24) is 0 Å². The summed E-state index contributed by atoms with van der Waals surface area (Å²) in [5.74, 6) is 0.827. The van der Waals surface area contributed by atoms with Crippen LogP contribution in [0.5, 0.6) is 11.5 Å². The molecule has 0 aliphatic rings. The van der Waals surface area contributed by atoms with E-state index < -0.39 is 0 Å².